The lowest BCUT2D eigenvalue weighted by Crippen LogP contribution is -2.46. The van der Waals surface area contributed by atoms with Crippen LogP contribution in [0, 0.1) is 6.92 Å². The Morgan fingerprint density at radius 1 is 1.05 bits per heavy atom. The van der Waals surface area contributed by atoms with Gasteiger partial charge in [0.05, 0.1) is 0 Å². The number of anilines is 1. The van der Waals surface area contributed by atoms with E-state index in [-0.39, 0.29) is 11.7 Å². The Labute approximate surface area is 216 Å². The van der Waals surface area contributed by atoms with E-state index in [1.807, 2.05) is 48.2 Å². The van der Waals surface area contributed by atoms with Gasteiger partial charge in [0.25, 0.3) is 5.91 Å². The third-order valence-electron chi connectivity index (χ3n) is 6.61. The van der Waals surface area contributed by atoms with E-state index in [4.69, 9.17) is 10.2 Å². The van der Waals surface area contributed by atoms with Gasteiger partial charge >= 0.3 is 0 Å². The van der Waals surface area contributed by atoms with Crippen molar-refractivity contribution in [3.63, 3.8) is 0 Å². The third-order valence-corrected chi connectivity index (χ3v) is 6.61. The molecule has 0 atom stereocenters. The van der Waals surface area contributed by atoms with E-state index in [9.17, 15) is 9.59 Å². The number of ketones is 1. The molecule has 2 aromatic heterocycles. The second-order valence-electron chi connectivity index (χ2n) is 9.36. The molecule has 1 amide bonds. The van der Waals surface area contributed by atoms with Crippen LogP contribution in [0.3, 0.4) is 0 Å². The van der Waals surface area contributed by atoms with Crippen LogP contribution in [0.15, 0.2) is 71.3 Å². The highest BCUT2D eigenvalue weighted by atomic mass is 16.3. The molecular formula is C30H30N4O3. The molecule has 0 bridgehead atoms. The lowest BCUT2D eigenvalue weighted by Gasteiger charge is -2.27. The number of rotatable bonds is 7. The zero-order chi connectivity index (χ0) is 25.8. The van der Waals surface area contributed by atoms with Gasteiger partial charge in [-0.3, -0.25) is 9.59 Å². The number of amides is 1. The van der Waals surface area contributed by atoms with Gasteiger partial charge in [-0.25, -0.2) is 4.98 Å². The predicted octanol–water partition coefficient (Wildman–Crippen LogP) is 4.65. The molecule has 1 saturated heterocycles. The van der Waals surface area contributed by atoms with E-state index in [1.54, 1.807) is 24.4 Å². The third kappa shape index (κ3) is 5.78. The van der Waals surface area contributed by atoms with Crippen molar-refractivity contribution in [1.29, 1.82) is 0 Å². The summed E-state index contributed by atoms with van der Waals surface area (Å²) >= 11 is 0. The normalized spacial score (nSPS) is 13.9. The number of carbonyl (C=O) groups is 2. The lowest BCUT2D eigenvalue weighted by molar-refractivity contribution is -0.114. The molecular weight excluding hydrogens is 464 g/mol. The van der Waals surface area contributed by atoms with Gasteiger partial charge in [-0.15, -0.1) is 0 Å². The molecule has 1 aliphatic heterocycles. The number of allylic oxidation sites excluding steroid dienone is 1. The van der Waals surface area contributed by atoms with Crippen molar-refractivity contribution in [2.75, 3.05) is 31.9 Å². The van der Waals surface area contributed by atoms with Gasteiger partial charge in [0.1, 0.15) is 17.2 Å². The molecule has 1 fully saturated rings. The maximum Gasteiger partial charge on any atom is 0.253 e. The molecule has 0 spiro atoms. The molecule has 3 heterocycles. The van der Waals surface area contributed by atoms with E-state index in [0.29, 0.717) is 24.2 Å². The van der Waals surface area contributed by atoms with Gasteiger partial charge in [0.2, 0.25) is 0 Å². The first-order valence-electron chi connectivity index (χ1n) is 12.5. The molecule has 7 nitrogen and oxygen atoms in total. The molecule has 37 heavy (non-hydrogen) atoms. The average molecular weight is 495 g/mol. The van der Waals surface area contributed by atoms with Crippen molar-refractivity contribution in [2.24, 2.45) is 0 Å². The number of nitrogens with zero attached hydrogens (tertiary/aromatic N) is 2. The molecule has 3 N–H and O–H groups in total. The van der Waals surface area contributed by atoms with Crippen molar-refractivity contribution in [3.8, 4) is 11.1 Å². The van der Waals surface area contributed by atoms with Crippen LogP contribution < -0.4 is 11.1 Å². The van der Waals surface area contributed by atoms with E-state index < -0.39 is 0 Å². The Bertz CT molecular complexity index is 1450. The second-order valence-corrected chi connectivity index (χ2v) is 9.36. The number of nitrogens with two attached hydrogens (primary N) is 1. The maximum absolute atomic E-state index is 12.8. The van der Waals surface area contributed by atoms with Crippen LogP contribution >= 0.6 is 0 Å². The molecule has 1 aliphatic rings. The molecule has 0 saturated carbocycles. The fourth-order valence-electron chi connectivity index (χ4n) is 4.56. The molecule has 5 rings (SSSR count). The SMILES string of the molecule is Cc1cc(-c2ccc(C(=O)N3CCNCC3)cc2)cc2cc(CCC(=O)/C=C/c3ccc(N)nc3)oc12. The lowest BCUT2D eigenvalue weighted by atomic mass is 9.99. The van der Waals surface area contributed by atoms with E-state index in [0.717, 1.165) is 65.2 Å². The topological polar surface area (TPSA) is 101 Å². The molecule has 0 radical (unpaired) electrons. The van der Waals surface area contributed by atoms with Crippen LogP contribution in [0.2, 0.25) is 0 Å². The Kier molecular flexibility index (Phi) is 7.14. The smallest absolute Gasteiger partial charge is 0.253 e. The van der Waals surface area contributed by atoms with E-state index in [1.165, 1.54) is 0 Å². The number of pyridine rings is 1. The first kappa shape index (κ1) is 24.5. The standard InChI is InChI=1S/C30H30N4O3/c1-20-16-24(22-4-6-23(7-5-22)30(36)34-14-12-32-13-15-34)17-25-18-27(37-29(20)25)10-9-26(35)8-2-21-3-11-28(31)33-19-21/h2-8,11,16-19,32H,9-10,12-15H2,1H3,(H2,31,33)/b8-2+. The minimum Gasteiger partial charge on any atom is -0.461 e. The highest BCUT2D eigenvalue weighted by Crippen LogP contribution is 2.30. The zero-order valence-corrected chi connectivity index (χ0v) is 20.9. The van der Waals surface area contributed by atoms with Gasteiger partial charge in [-0.1, -0.05) is 12.1 Å². The number of nitrogen functional groups attached to an aromatic ring is 1. The first-order chi connectivity index (χ1) is 18.0. The predicted molar refractivity (Wildman–Crippen MR) is 146 cm³/mol. The largest absolute Gasteiger partial charge is 0.461 e. The highest BCUT2D eigenvalue weighted by molar-refractivity contribution is 5.95. The Morgan fingerprint density at radius 3 is 2.57 bits per heavy atom. The van der Waals surface area contributed by atoms with E-state index >= 15 is 0 Å². The van der Waals surface area contributed by atoms with Crippen molar-refractivity contribution < 1.29 is 14.0 Å². The van der Waals surface area contributed by atoms with Crippen LogP contribution in [0.1, 0.15) is 33.7 Å². The zero-order valence-electron chi connectivity index (χ0n) is 20.9. The van der Waals surface area contributed by atoms with Crippen LogP contribution in [-0.2, 0) is 11.2 Å². The van der Waals surface area contributed by atoms with Crippen LogP contribution in [-0.4, -0.2) is 47.8 Å². The number of hydrogen-bond donors (Lipinski definition) is 2. The number of aromatic nitrogens is 1. The van der Waals surface area contributed by atoms with Gasteiger partial charge in [-0.05, 0) is 83.8 Å². The number of piperazine rings is 1. The molecule has 0 aliphatic carbocycles. The fourth-order valence-corrected chi connectivity index (χ4v) is 4.56. The molecule has 7 heteroatoms. The summed E-state index contributed by atoms with van der Waals surface area (Å²) in [6.07, 6.45) is 5.82. The second kappa shape index (κ2) is 10.8. The monoisotopic (exact) mass is 494 g/mol. The summed E-state index contributed by atoms with van der Waals surface area (Å²) in [7, 11) is 0. The van der Waals surface area contributed by atoms with Crippen LogP contribution in [0.25, 0.3) is 28.2 Å². The first-order valence-corrected chi connectivity index (χ1v) is 12.5. The summed E-state index contributed by atoms with van der Waals surface area (Å²) < 4.78 is 6.08. The van der Waals surface area contributed by atoms with E-state index in [2.05, 4.69) is 22.4 Å². The molecule has 0 unspecified atom stereocenters. The minimum atomic E-state index is 0.0187. The summed E-state index contributed by atoms with van der Waals surface area (Å²) in [5, 5.41) is 4.27. The van der Waals surface area contributed by atoms with Gasteiger partial charge < -0.3 is 20.4 Å². The van der Waals surface area contributed by atoms with Crippen molar-refractivity contribution in [2.45, 2.75) is 19.8 Å². The quantitative estimate of drug-likeness (QED) is 0.363. The minimum absolute atomic E-state index is 0.0187. The number of furan rings is 1. The highest BCUT2D eigenvalue weighted by Gasteiger charge is 2.18. The Balaban J connectivity index is 1.26. The average Bonchev–Trinajstić information content (AvgIpc) is 3.35. The van der Waals surface area contributed by atoms with Crippen molar-refractivity contribution >= 4 is 34.6 Å². The van der Waals surface area contributed by atoms with Gasteiger partial charge in [-0.2, -0.15) is 0 Å². The van der Waals surface area contributed by atoms with Crippen LogP contribution in [0.4, 0.5) is 5.82 Å². The Morgan fingerprint density at radius 2 is 1.84 bits per heavy atom. The number of benzene rings is 2. The van der Waals surface area contributed by atoms with Gasteiger partial charge in [0, 0.05) is 56.2 Å². The maximum atomic E-state index is 12.8. The number of carbonyl (C=O) groups excluding carboxylic acids is 2. The Hall–Kier alpha value is -4.23. The van der Waals surface area contributed by atoms with Crippen molar-refractivity contribution in [3.05, 3.63) is 89.3 Å². The molecule has 2 aromatic carbocycles. The number of aryl methyl sites for hydroxylation is 2. The summed E-state index contributed by atoms with van der Waals surface area (Å²) in [4.78, 5) is 31.0. The summed E-state index contributed by atoms with van der Waals surface area (Å²) in [5.41, 5.74) is 11.1. The van der Waals surface area contributed by atoms with Crippen molar-refractivity contribution in [1.82, 2.24) is 15.2 Å². The number of nitrogens with one attached hydrogen (secondary N) is 1. The number of hydrogen-bond acceptors (Lipinski definition) is 6. The summed E-state index contributed by atoms with van der Waals surface area (Å²) in [6.45, 7) is 5.17. The number of fused-ring (bicyclic) bond motifs is 1. The van der Waals surface area contributed by atoms with Crippen LogP contribution in [0.5, 0.6) is 0 Å². The molecule has 4 aromatic rings. The molecule has 188 valence electrons. The summed E-state index contributed by atoms with van der Waals surface area (Å²) in [6, 6.07) is 17.5. The fraction of sp³-hybridized carbons (Fsp3) is 0.233. The van der Waals surface area contributed by atoms with Gasteiger partial charge in [0.15, 0.2) is 5.78 Å². The summed E-state index contributed by atoms with van der Waals surface area (Å²) in [5.74, 6) is 1.33.